The molecule has 2 aromatic rings. The number of aliphatic carboxylic acids is 1. The summed E-state index contributed by atoms with van der Waals surface area (Å²) in [7, 11) is 1.98. The van der Waals surface area contributed by atoms with E-state index >= 15 is 0 Å². The first-order chi connectivity index (χ1) is 12.1. The van der Waals surface area contributed by atoms with Crippen LogP contribution in [-0.2, 0) is 11.3 Å². The van der Waals surface area contributed by atoms with Gasteiger partial charge < -0.3 is 14.4 Å². The number of furan rings is 1. The minimum Gasteiger partial charge on any atom is -0.480 e. The molecular weight excluding hydrogens is 322 g/mol. The van der Waals surface area contributed by atoms with Crippen molar-refractivity contribution in [3.8, 4) is 0 Å². The predicted molar refractivity (Wildman–Crippen MR) is 89.9 cm³/mol. The van der Waals surface area contributed by atoms with Gasteiger partial charge in [-0.1, -0.05) is 6.07 Å². The number of rotatable bonds is 5. The maximum Gasteiger partial charge on any atom is 0.326 e. The van der Waals surface area contributed by atoms with Crippen LogP contribution in [0.4, 0.5) is 0 Å². The minimum absolute atomic E-state index is 0.0923. The van der Waals surface area contributed by atoms with Gasteiger partial charge in [-0.3, -0.25) is 14.7 Å². The third-order valence-electron chi connectivity index (χ3n) is 4.67. The Morgan fingerprint density at radius 2 is 2.28 bits per heavy atom. The number of carbonyl (C=O) groups is 2. The zero-order valence-electron chi connectivity index (χ0n) is 14.0. The molecule has 132 valence electrons. The lowest BCUT2D eigenvalue weighted by molar-refractivity contribution is -0.144. The Hall–Kier alpha value is -2.67. The van der Waals surface area contributed by atoms with Crippen LogP contribution in [0.3, 0.4) is 0 Å². The number of carboxylic acid groups (broad SMARTS) is 1. The Kier molecular flexibility index (Phi) is 5.14. The van der Waals surface area contributed by atoms with Crippen LogP contribution < -0.4 is 0 Å². The van der Waals surface area contributed by atoms with Gasteiger partial charge in [0, 0.05) is 31.5 Å². The van der Waals surface area contributed by atoms with Crippen molar-refractivity contribution in [2.45, 2.75) is 31.5 Å². The molecule has 2 aromatic heterocycles. The van der Waals surface area contributed by atoms with E-state index in [0.29, 0.717) is 25.1 Å². The summed E-state index contributed by atoms with van der Waals surface area (Å²) >= 11 is 0. The van der Waals surface area contributed by atoms with E-state index in [0.717, 1.165) is 12.0 Å². The van der Waals surface area contributed by atoms with Crippen LogP contribution >= 0.6 is 0 Å². The van der Waals surface area contributed by atoms with Crippen LogP contribution in [-0.4, -0.2) is 57.4 Å². The van der Waals surface area contributed by atoms with E-state index in [1.54, 1.807) is 12.3 Å². The average Bonchev–Trinajstić information content (AvgIpc) is 3.16. The van der Waals surface area contributed by atoms with Crippen molar-refractivity contribution in [3.05, 3.63) is 54.2 Å². The smallest absolute Gasteiger partial charge is 0.326 e. The third-order valence-corrected chi connectivity index (χ3v) is 4.67. The van der Waals surface area contributed by atoms with Crippen LogP contribution in [0.5, 0.6) is 0 Å². The molecule has 0 saturated carbocycles. The molecule has 7 heteroatoms. The normalized spacial score (nSPS) is 20.6. The molecule has 3 heterocycles. The summed E-state index contributed by atoms with van der Waals surface area (Å²) in [5, 5.41) is 9.60. The molecule has 0 spiro atoms. The van der Waals surface area contributed by atoms with Gasteiger partial charge in [-0.05, 0) is 37.6 Å². The predicted octanol–water partition coefficient (Wildman–Crippen LogP) is 1.86. The SMILES string of the molecule is CN(Cc1cccnc1)[C@H]1CCN(C(=O)c2ccoc2)[C@@H](C(=O)O)C1. The minimum atomic E-state index is -0.976. The number of amides is 1. The molecule has 1 aliphatic rings. The molecule has 1 saturated heterocycles. The third kappa shape index (κ3) is 3.88. The van der Waals surface area contributed by atoms with E-state index < -0.39 is 12.0 Å². The first kappa shape index (κ1) is 17.2. The Bertz CT molecular complexity index is 717. The van der Waals surface area contributed by atoms with Gasteiger partial charge in [0.15, 0.2) is 0 Å². The van der Waals surface area contributed by atoms with Crippen molar-refractivity contribution in [1.29, 1.82) is 0 Å². The number of nitrogens with zero attached hydrogens (tertiary/aromatic N) is 3. The zero-order chi connectivity index (χ0) is 17.8. The summed E-state index contributed by atoms with van der Waals surface area (Å²) in [6.45, 7) is 1.10. The first-order valence-electron chi connectivity index (χ1n) is 8.21. The molecule has 0 bridgehead atoms. The van der Waals surface area contributed by atoms with Crippen LogP contribution in [0.1, 0.15) is 28.8 Å². The summed E-state index contributed by atoms with van der Waals surface area (Å²) in [4.78, 5) is 31.9. The molecule has 1 N–H and O–H groups in total. The van der Waals surface area contributed by atoms with Gasteiger partial charge >= 0.3 is 5.97 Å². The standard InChI is InChI=1S/C18H21N3O4/c1-20(11-13-3-2-6-19-10-13)15-4-7-21(16(9-15)18(23)24)17(22)14-5-8-25-12-14/h2-3,5-6,8,10,12,15-16H,4,7,9,11H2,1H3,(H,23,24)/t15-,16+/m0/s1. The monoisotopic (exact) mass is 343 g/mol. The number of piperidine rings is 1. The molecule has 7 nitrogen and oxygen atoms in total. The molecule has 2 atom stereocenters. The van der Waals surface area contributed by atoms with E-state index in [-0.39, 0.29) is 11.9 Å². The number of likely N-dealkylation sites (tertiary alicyclic amines) is 1. The molecule has 0 aliphatic carbocycles. The van der Waals surface area contributed by atoms with Crippen molar-refractivity contribution in [2.24, 2.45) is 0 Å². The van der Waals surface area contributed by atoms with Crippen molar-refractivity contribution < 1.29 is 19.1 Å². The fourth-order valence-electron chi connectivity index (χ4n) is 3.29. The van der Waals surface area contributed by atoms with Crippen LogP contribution in [0.2, 0.25) is 0 Å². The maximum atomic E-state index is 12.5. The van der Waals surface area contributed by atoms with E-state index in [4.69, 9.17) is 4.42 Å². The largest absolute Gasteiger partial charge is 0.480 e. The molecule has 25 heavy (non-hydrogen) atoms. The van der Waals surface area contributed by atoms with Crippen molar-refractivity contribution in [2.75, 3.05) is 13.6 Å². The average molecular weight is 343 g/mol. The number of carbonyl (C=O) groups excluding carboxylic acids is 1. The molecular formula is C18H21N3O4. The lowest BCUT2D eigenvalue weighted by Crippen LogP contribution is -2.54. The van der Waals surface area contributed by atoms with E-state index in [1.165, 1.54) is 17.4 Å². The first-order valence-corrected chi connectivity index (χ1v) is 8.21. The van der Waals surface area contributed by atoms with Crippen molar-refractivity contribution >= 4 is 11.9 Å². The molecule has 0 unspecified atom stereocenters. The summed E-state index contributed by atoms with van der Waals surface area (Å²) < 4.78 is 4.94. The number of hydrogen-bond donors (Lipinski definition) is 1. The molecule has 0 aromatic carbocycles. The van der Waals surface area contributed by atoms with Gasteiger partial charge in [0.25, 0.3) is 5.91 Å². The summed E-state index contributed by atoms with van der Waals surface area (Å²) in [6, 6.07) is 4.69. The summed E-state index contributed by atoms with van der Waals surface area (Å²) in [6.07, 6.45) is 7.42. The lowest BCUT2D eigenvalue weighted by atomic mass is 9.95. The lowest BCUT2D eigenvalue weighted by Gasteiger charge is -2.40. The second-order valence-electron chi connectivity index (χ2n) is 6.32. The van der Waals surface area contributed by atoms with Crippen LogP contribution in [0.15, 0.2) is 47.5 Å². The van der Waals surface area contributed by atoms with E-state index in [2.05, 4.69) is 9.88 Å². The van der Waals surface area contributed by atoms with Gasteiger partial charge in [0.05, 0.1) is 11.8 Å². The second kappa shape index (κ2) is 7.48. The molecule has 1 aliphatic heterocycles. The molecule has 3 rings (SSSR count). The molecule has 0 radical (unpaired) electrons. The van der Waals surface area contributed by atoms with Crippen LogP contribution in [0, 0.1) is 0 Å². The number of carboxylic acids is 1. The topological polar surface area (TPSA) is 86.9 Å². The van der Waals surface area contributed by atoms with Gasteiger partial charge in [-0.15, -0.1) is 0 Å². The highest BCUT2D eigenvalue weighted by molar-refractivity contribution is 5.96. The second-order valence-corrected chi connectivity index (χ2v) is 6.32. The highest BCUT2D eigenvalue weighted by Gasteiger charge is 2.38. The summed E-state index contributed by atoms with van der Waals surface area (Å²) in [5.74, 6) is -1.27. The molecule has 1 fully saturated rings. The summed E-state index contributed by atoms with van der Waals surface area (Å²) in [5.41, 5.74) is 1.46. The number of hydrogen-bond acceptors (Lipinski definition) is 5. The zero-order valence-corrected chi connectivity index (χ0v) is 14.0. The van der Waals surface area contributed by atoms with Gasteiger partial charge in [-0.25, -0.2) is 4.79 Å². The van der Waals surface area contributed by atoms with Gasteiger partial charge in [0.1, 0.15) is 12.3 Å². The van der Waals surface area contributed by atoms with Gasteiger partial charge in [-0.2, -0.15) is 0 Å². The fourth-order valence-corrected chi connectivity index (χ4v) is 3.29. The van der Waals surface area contributed by atoms with E-state index in [1.807, 2.05) is 25.4 Å². The number of pyridine rings is 1. The Morgan fingerprint density at radius 1 is 1.44 bits per heavy atom. The maximum absolute atomic E-state index is 12.5. The van der Waals surface area contributed by atoms with Crippen molar-refractivity contribution in [1.82, 2.24) is 14.8 Å². The highest BCUT2D eigenvalue weighted by Crippen LogP contribution is 2.24. The Labute approximate surface area is 145 Å². The number of aromatic nitrogens is 1. The Balaban J connectivity index is 1.68. The fraction of sp³-hybridized carbons (Fsp3) is 0.389. The van der Waals surface area contributed by atoms with Crippen LogP contribution in [0.25, 0.3) is 0 Å². The van der Waals surface area contributed by atoms with Crippen molar-refractivity contribution in [3.63, 3.8) is 0 Å². The molecule has 1 amide bonds. The van der Waals surface area contributed by atoms with Gasteiger partial charge in [0.2, 0.25) is 0 Å². The quantitative estimate of drug-likeness (QED) is 0.892. The highest BCUT2D eigenvalue weighted by atomic mass is 16.4. The van der Waals surface area contributed by atoms with E-state index in [9.17, 15) is 14.7 Å². The Morgan fingerprint density at radius 3 is 2.92 bits per heavy atom.